The summed E-state index contributed by atoms with van der Waals surface area (Å²) in [6.07, 6.45) is 2.28. The fourth-order valence-electron chi connectivity index (χ4n) is 1.82. The first kappa shape index (κ1) is 19.8. The van der Waals surface area contributed by atoms with Crippen LogP contribution in [0.15, 0.2) is 21.5 Å². The van der Waals surface area contributed by atoms with Crippen LogP contribution in [0.4, 0.5) is 0 Å². The van der Waals surface area contributed by atoms with Crippen LogP contribution in [0.25, 0.3) is 0 Å². The zero-order valence-electron chi connectivity index (χ0n) is 12.8. The first-order valence-electron chi connectivity index (χ1n) is 6.93. The van der Waals surface area contributed by atoms with E-state index in [2.05, 4.69) is 29.5 Å². The van der Waals surface area contributed by atoms with E-state index < -0.39 is 5.91 Å². The normalized spacial score (nSPS) is 11.1. The van der Waals surface area contributed by atoms with Crippen molar-refractivity contribution < 1.29 is 9.21 Å². The first-order valence-corrected chi connectivity index (χ1v) is 6.93. The molecule has 0 spiro atoms. The Balaban J connectivity index is 0.00000400. The fourth-order valence-corrected chi connectivity index (χ4v) is 1.82. The zero-order chi connectivity index (χ0) is 15.0. The van der Waals surface area contributed by atoms with E-state index in [1.54, 1.807) is 19.2 Å². The lowest BCUT2D eigenvalue weighted by molar-refractivity contribution is 0.0972. The van der Waals surface area contributed by atoms with Crippen LogP contribution in [-0.2, 0) is 6.54 Å². The van der Waals surface area contributed by atoms with Gasteiger partial charge in [-0.1, -0.05) is 26.7 Å². The standard InChI is InChI=1S/C14H24N4O2.HI/c1-4-10(5-2)8-17-14(16-3)18-9-11-6-7-12(20-11)13(15)19;/h6-7,10H,4-5,8-9H2,1-3H3,(H2,15,19)(H2,16,17,18);1H. The van der Waals surface area contributed by atoms with Gasteiger partial charge in [0.25, 0.3) is 5.91 Å². The molecule has 7 heteroatoms. The SMILES string of the molecule is CCC(CC)CNC(=NC)NCc1ccc(C(N)=O)o1.I. The number of hydrogen-bond donors (Lipinski definition) is 3. The summed E-state index contributed by atoms with van der Waals surface area (Å²) in [6, 6.07) is 3.29. The first-order chi connectivity index (χ1) is 9.60. The zero-order valence-corrected chi connectivity index (χ0v) is 15.1. The van der Waals surface area contributed by atoms with Gasteiger partial charge in [-0.2, -0.15) is 0 Å². The summed E-state index contributed by atoms with van der Waals surface area (Å²) in [5.74, 6) is 1.60. The number of amides is 1. The van der Waals surface area contributed by atoms with Crippen molar-refractivity contribution in [2.45, 2.75) is 33.2 Å². The third kappa shape index (κ3) is 6.83. The van der Waals surface area contributed by atoms with Gasteiger partial charge in [0.2, 0.25) is 0 Å². The van der Waals surface area contributed by atoms with Gasteiger partial charge in [-0.05, 0) is 18.1 Å². The maximum absolute atomic E-state index is 10.9. The monoisotopic (exact) mass is 408 g/mol. The molecule has 0 aliphatic carbocycles. The van der Waals surface area contributed by atoms with Crippen molar-refractivity contribution in [2.75, 3.05) is 13.6 Å². The Kier molecular flexibility index (Phi) is 9.85. The molecule has 1 amide bonds. The van der Waals surface area contributed by atoms with Gasteiger partial charge in [0.15, 0.2) is 11.7 Å². The summed E-state index contributed by atoms with van der Waals surface area (Å²) in [5.41, 5.74) is 5.13. The average Bonchev–Trinajstić information content (AvgIpc) is 2.92. The molecule has 1 rings (SSSR count). The number of carbonyl (C=O) groups excluding carboxylic acids is 1. The summed E-state index contributed by atoms with van der Waals surface area (Å²) in [6.45, 7) is 5.70. The van der Waals surface area contributed by atoms with E-state index in [-0.39, 0.29) is 29.7 Å². The quantitative estimate of drug-likeness (QED) is 0.366. The maximum Gasteiger partial charge on any atom is 0.284 e. The number of aliphatic imine (C=N–C) groups is 1. The van der Waals surface area contributed by atoms with Crippen molar-refractivity contribution in [3.63, 3.8) is 0 Å². The smallest absolute Gasteiger partial charge is 0.284 e. The molecular formula is C14H25IN4O2. The molecule has 0 unspecified atom stereocenters. The molecule has 4 N–H and O–H groups in total. The highest BCUT2D eigenvalue weighted by Crippen LogP contribution is 2.07. The van der Waals surface area contributed by atoms with Gasteiger partial charge in [0.05, 0.1) is 6.54 Å². The molecule has 1 heterocycles. The molecule has 0 saturated carbocycles. The Morgan fingerprint density at radius 2 is 2.00 bits per heavy atom. The van der Waals surface area contributed by atoms with Crippen LogP contribution in [0.5, 0.6) is 0 Å². The van der Waals surface area contributed by atoms with Gasteiger partial charge in [-0.25, -0.2) is 0 Å². The Morgan fingerprint density at radius 3 is 2.48 bits per heavy atom. The Bertz CT molecular complexity index is 456. The molecule has 0 aromatic carbocycles. The number of hydrogen-bond acceptors (Lipinski definition) is 3. The van der Waals surface area contributed by atoms with Gasteiger partial charge in [-0.3, -0.25) is 9.79 Å². The molecular weight excluding hydrogens is 383 g/mol. The highest BCUT2D eigenvalue weighted by atomic mass is 127. The predicted octanol–water partition coefficient (Wildman–Crippen LogP) is 2.10. The molecule has 0 atom stereocenters. The van der Waals surface area contributed by atoms with Crippen molar-refractivity contribution in [3.8, 4) is 0 Å². The van der Waals surface area contributed by atoms with Crippen molar-refractivity contribution in [2.24, 2.45) is 16.6 Å². The van der Waals surface area contributed by atoms with Crippen molar-refractivity contribution >= 4 is 35.8 Å². The van der Waals surface area contributed by atoms with E-state index in [1.165, 1.54) is 0 Å². The molecule has 0 bridgehead atoms. The fraction of sp³-hybridized carbons (Fsp3) is 0.571. The van der Waals surface area contributed by atoms with Gasteiger partial charge in [0, 0.05) is 13.6 Å². The summed E-state index contributed by atoms with van der Waals surface area (Å²) in [4.78, 5) is 15.1. The molecule has 0 aliphatic rings. The van der Waals surface area contributed by atoms with Gasteiger partial charge in [-0.15, -0.1) is 24.0 Å². The lowest BCUT2D eigenvalue weighted by atomic mass is 10.0. The van der Waals surface area contributed by atoms with E-state index in [0.29, 0.717) is 24.2 Å². The van der Waals surface area contributed by atoms with Crippen LogP contribution in [0.3, 0.4) is 0 Å². The second-order valence-corrected chi connectivity index (χ2v) is 4.62. The molecule has 6 nitrogen and oxygen atoms in total. The largest absolute Gasteiger partial charge is 0.454 e. The lowest BCUT2D eigenvalue weighted by Gasteiger charge is -2.16. The number of nitrogens with two attached hydrogens (primary N) is 1. The van der Waals surface area contributed by atoms with Gasteiger partial charge < -0.3 is 20.8 Å². The molecule has 120 valence electrons. The minimum Gasteiger partial charge on any atom is -0.454 e. The molecule has 1 aromatic rings. The average molecular weight is 408 g/mol. The minimum atomic E-state index is -0.563. The lowest BCUT2D eigenvalue weighted by Crippen LogP contribution is -2.39. The summed E-state index contributed by atoms with van der Waals surface area (Å²) >= 11 is 0. The Labute approximate surface area is 143 Å². The number of furan rings is 1. The number of guanidine groups is 1. The van der Waals surface area contributed by atoms with Crippen molar-refractivity contribution in [1.29, 1.82) is 0 Å². The molecule has 1 aromatic heterocycles. The number of halogens is 1. The van der Waals surface area contributed by atoms with Gasteiger partial charge >= 0.3 is 0 Å². The van der Waals surface area contributed by atoms with E-state index in [9.17, 15) is 4.79 Å². The summed E-state index contributed by atoms with van der Waals surface area (Å²) in [5, 5.41) is 6.41. The van der Waals surface area contributed by atoms with Gasteiger partial charge in [0.1, 0.15) is 5.76 Å². The Hall–Kier alpha value is -1.25. The number of nitrogens with one attached hydrogen (secondary N) is 2. The minimum absolute atomic E-state index is 0. The van der Waals surface area contributed by atoms with Crippen LogP contribution in [-0.4, -0.2) is 25.5 Å². The topological polar surface area (TPSA) is 92.6 Å². The number of primary amides is 1. The third-order valence-electron chi connectivity index (χ3n) is 3.27. The van der Waals surface area contributed by atoms with Crippen molar-refractivity contribution in [3.05, 3.63) is 23.7 Å². The van der Waals surface area contributed by atoms with Crippen LogP contribution in [0.2, 0.25) is 0 Å². The van der Waals surface area contributed by atoms with E-state index >= 15 is 0 Å². The molecule has 0 fully saturated rings. The molecule has 0 radical (unpaired) electrons. The summed E-state index contributed by atoms with van der Waals surface area (Å²) in [7, 11) is 1.72. The van der Waals surface area contributed by atoms with Crippen LogP contribution in [0.1, 0.15) is 43.0 Å². The second-order valence-electron chi connectivity index (χ2n) is 4.62. The number of carbonyl (C=O) groups is 1. The number of nitrogens with zero attached hydrogens (tertiary/aromatic N) is 1. The third-order valence-corrected chi connectivity index (χ3v) is 3.27. The number of rotatable bonds is 7. The molecule has 0 saturated heterocycles. The van der Waals surface area contributed by atoms with Crippen molar-refractivity contribution in [1.82, 2.24) is 10.6 Å². The highest BCUT2D eigenvalue weighted by Gasteiger charge is 2.08. The Morgan fingerprint density at radius 1 is 1.33 bits per heavy atom. The maximum atomic E-state index is 10.9. The molecule has 0 aliphatic heterocycles. The van der Waals surface area contributed by atoms with Crippen LogP contribution >= 0.6 is 24.0 Å². The van der Waals surface area contributed by atoms with Crippen LogP contribution < -0.4 is 16.4 Å². The predicted molar refractivity (Wildman–Crippen MR) is 94.9 cm³/mol. The summed E-state index contributed by atoms with van der Waals surface area (Å²) < 4.78 is 5.29. The van der Waals surface area contributed by atoms with E-state index in [4.69, 9.17) is 10.2 Å². The second kappa shape index (κ2) is 10.5. The highest BCUT2D eigenvalue weighted by molar-refractivity contribution is 14.0. The van der Waals surface area contributed by atoms with E-state index in [0.717, 1.165) is 19.4 Å². The molecule has 21 heavy (non-hydrogen) atoms. The van der Waals surface area contributed by atoms with Crippen LogP contribution in [0, 0.1) is 5.92 Å². The van der Waals surface area contributed by atoms with E-state index in [1.807, 2.05) is 0 Å².